The van der Waals surface area contributed by atoms with E-state index in [9.17, 15) is 5.11 Å². The van der Waals surface area contributed by atoms with Gasteiger partial charge in [-0.1, -0.05) is 44.2 Å². The molecular formula is C21H33ClN2O. The maximum absolute atomic E-state index is 12.8. The van der Waals surface area contributed by atoms with Crippen LogP contribution in [0.3, 0.4) is 0 Å². The SMILES string of the molecule is CC1(C)[C@H]2CC[C@H](C2)C1(C)N=C([O-])C[N+](C)(C)Cc1ccccc1.Cl. The maximum atomic E-state index is 12.8. The number of likely N-dealkylation sites (N-methyl/N-ethyl adjacent to an activating group) is 1. The van der Waals surface area contributed by atoms with E-state index < -0.39 is 0 Å². The van der Waals surface area contributed by atoms with Crippen LogP contribution in [0.4, 0.5) is 0 Å². The van der Waals surface area contributed by atoms with Crippen molar-refractivity contribution in [3.8, 4) is 0 Å². The summed E-state index contributed by atoms with van der Waals surface area (Å²) in [5, 5.41) is 12.8. The lowest BCUT2D eigenvalue weighted by Gasteiger charge is -2.46. The molecule has 25 heavy (non-hydrogen) atoms. The summed E-state index contributed by atoms with van der Waals surface area (Å²) in [7, 11) is 4.24. The van der Waals surface area contributed by atoms with Gasteiger partial charge in [0.2, 0.25) is 0 Å². The molecule has 3 atom stereocenters. The van der Waals surface area contributed by atoms with Crippen molar-refractivity contribution in [2.75, 3.05) is 20.6 Å². The lowest BCUT2D eigenvalue weighted by atomic mass is 9.64. The summed E-state index contributed by atoms with van der Waals surface area (Å²) < 4.78 is 0.650. The van der Waals surface area contributed by atoms with Crippen LogP contribution in [-0.2, 0) is 6.54 Å². The average molecular weight is 365 g/mol. The summed E-state index contributed by atoms with van der Waals surface area (Å²) in [4.78, 5) is 4.82. The second-order valence-corrected chi connectivity index (χ2v) is 9.32. The number of fused-ring (bicyclic) bond motifs is 2. The quantitative estimate of drug-likeness (QED) is 0.446. The first-order valence-corrected chi connectivity index (χ1v) is 9.26. The molecule has 0 radical (unpaired) electrons. The number of benzene rings is 1. The lowest BCUT2D eigenvalue weighted by Crippen LogP contribution is -2.51. The first kappa shape index (κ1) is 20.3. The van der Waals surface area contributed by atoms with Crippen LogP contribution >= 0.6 is 12.4 Å². The molecule has 0 heterocycles. The number of hydrogen-bond acceptors (Lipinski definition) is 2. The first-order valence-electron chi connectivity index (χ1n) is 9.26. The normalized spacial score (nSPS) is 31.0. The van der Waals surface area contributed by atoms with Gasteiger partial charge in [-0.2, -0.15) is 0 Å². The van der Waals surface area contributed by atoms with Crippen molar-refractivity contribution in [2.45, 2.75) is 52.1 Å². The van der Waals surface area contributed by atoms with Gasteiger partial charge in [0.25, 0.3) is 0 Å². The third kappa shape index (κ3) is 3.73. The molecule has 4 heteroatoms. The van der Waals surface area contributed by atoms with Crippen LogP contribution < -0.4 is 5.11 Å². The molecule has 3 nitrogen and oxygen atoms in total. The first-order chi connectivity index (χ1) is 11.1. The van der Waals surface area contributed by atoms with E-state index in [1.165, 1.54) is 24.8 Å². The zero-order chi connectivity index (χ0) is 17.6. The van der Waals surface area contributed by atoms with Crippen LogP contribution in [0.1, 0.15) is 45.6 Å². The van der Waals surface area contributed by atoms with Crippen molar-refractivity contribution in [1.29, 1.82) is 0 Å². The third-order valence-corrected chi connectivity index (χ3v) is 6.93. The molecule has 2 saturated carbocycles. The van der Waals surface area contributed by atoms with Crippen molar-refractivity contribution in [3.05, 3.63) is 35.9 Å². The van der Waals surface area contributed by atoms with Gasteiger partial charge in [0, 0.05) is 11.5 Å². The molecule has 0 N–H and O–H groups in total. The minimum atomic E-state index is -0.181. The van der Waals surface area contributed by atoms with Gasteiger partial charge in [-0.05, 0) is 43.4 Å². The molecule has 140 valence electrons. The van der Waals surface area contributed by atoms with Crippen molar-refractivity contribution in [2.24, 2.45) is 22.2 Å². The second kappa shape index (κ2) is 6.92. The van der Waals surface area contributed by atoms with E-state index >= 15 is 0 Å². The predicted octanol–water partition coefficient (Wildman–Crippen LogP) is 3.66. The number of halogens is 1. The zero-order valence-corrected chi connectivity index (χ0v) is 17.1. The van der Waals surface area contributed by atoms with E-state index in [0.29, 0.717) is 16.9 Å². The maximum Gasteiger partial charge on any atom is 0.107 e. The molecule has 1 aromatic rings. The van der Waals surface area contributed by atoms with Gasteiger partial charge < -0.3 is 9.59 Å². The van der Waals surface area contributed by atoms with Crippen LogP contribution in [0.5, 0.6) is 0 Å². The van der Waals surface area contributed by atoms with Gasteiger partial charge >= 0.3 is 0 Å². The Hall–Kier alpha value is -1.06. The fourth-order valence-electron chi connectivity index (χ4n) is 5.12. The summed E-state index contributed by atoms with van der Waals surface area (Å²) in [6, 6.07) is 10.4. The molecular weight excluding hydrogens is 332 g/mol. The molecule has 0 amide bonds. The summed E-state index contributed by atoms with van der Waals surface area (Å²) in [5.41, 5.74) is 1.23. The van der Waals surface area contributed by atoms with Gasteiger partial charge in [0.05, 0.1) is 19.6 Å². The minimum Gasteiger partial charge on any atom is -0.858 e. The predicted molar refractivity (Wildman–Crippen MR) is 105 cm³/mol. The number of aliphatic imine (C=N–C) groups is 1. The van der Waals surface area contributed by atoms with E-state index in [4.69, 9.17) is 4.99 Å². The van der Waals surface area contributed by atoms with Crippen molar-refractivity contribution in [1.82, 2.24) is 0 Å². The molecule has 2 aliphatic rings. The highest BCUT2D eigenvalue weighted by atomic mass is 35.5. The zero-order valence-electron chi connectivity index (χ0n) is 16.3. The molecule has 3 rings (SSSR count). The van der Waals surface area contributed by atoms with Gasteiger partial charge in [-0.25, -0.2) is 0 Å². The summed E-state index contributed by atoms with van der Waals surface area (Å²) >= 11 is 0. The second-order valence-electron chi connectivity index (χ2n) is 9.32. The van der Waals surface area contributed by atoms with E-state index in [1.807, 2.05) is 6.07 Å². The molecule has 0 spiro atoms. The molecule has 2 bridgehead atoms. The van der Waals surface area contributed by atoms with Gasteiger partial charge in [-0.15, -0.1) is 12.4 Å². The summed E-state index contributed by atoms with van der Waals surface area (Å²) in [6.07, 6.45) is 3.80. The van der Waals surface area contributed by atoms with Gasteiger partial charge in [0.15, 0.2) is 0 Å². The lowest BCUT2D eigenvalue weighted by molar-refractivity contribution is -0.896. The molecule has 0 saturated heterocycles. The Morgan fingerprint density at radius 1 is 1.12 bits per heavy atom. The van der Waals surface area contributed by atoms with E-state index in [2.05, 4.69) is 59.1 Å². The van der Waals surface area contributed by atoms with Crippen molar-refractivity contribution >= 4 is 18.3 Å². The molecule has 1 unspecified atom stereocenters. The Morgan fingerprint density at radius 2 is 1.72 bits per heavy atom. The Labute approximate surface area is 159 Å². The highest BCUT2D eigenvalue weighted by Gasteiger charge is 2.60. The minimum absolute atomic E-state index is 0. The smallest absolute Gasteiger partial charge is 0.107 e. The van der Waals surface area contributed by atoms with E-state index in [1.54, 1.807) is 0 Å². The third-order valence-electron chi connectivity index (χ3n) is 6.93. The largest absolute Gasteiger partial charge is 0.858 e. The van der Waals surface area contributed by atoms with Crippen LogP contribution in [0.2, 0.25) is 0 Å². The van der Waals surface area contributed by atoms with Crippen LogP contribution in [-0.4, -0.2) is 36.6 Å². The highest BCUT2D eigenvalue weighted by Crippen LogP contribution is 2.62. The number of hydrogen-bond donors (Lipinski definition) is 0. The average Bonchev–Trinajstić information content (AvgIpc) is 3.02. The molecule has 2 aliphatic carbocycles. The van der Waals surface area contributed by atoms with Gasteiger partial charge in [0.1, 0.15) is 13.1 Å². The van der Waals surface area contributed by atoms with E-state index in [0.717, 1.165) is 12.5 Å². The molecule has 0 aromatic heterocycles. The standard InChI is InChI=1S/C21H32N2O.ClH/c1-20(2)17-11-12-18(13-17)21(20,3)22-19(24)15-23(4,5)14-16-9-7-6-8-10-16;/h6-10,17-18H,11-15H2,1-5H3;1H/t17-,18+,21?;/m0./s1. The fourth-order valence-corrected chi connectivity index (χ4v) is 5.12. The Bertz CT molecular complexity index is 626. The van der Waals surface area contributed by atoms with E-state index in [-0.39, 0.29) is 29.3 Å². The van der Waals surface area contributed by atoms with Crippen molar-refractivity contribution < 1.29 is 9.59 Å². The van der Waals surface area contributed by atoms with Gasteiger partial charge in [-0.3, -0.25) is 4.99 Å². The summed E-state index contributed by atoms with van der Waals surface area (Å²) in [6.45, 7) is 8.19. The van der Waals surface area contributed by atoms with Crippen LogP contribution in [0.15, 0.2) is 35.3 Å². The van der Waals surface area contributed by atoms with Crippen molar-refractivity contribution in [3.63, 3.8) is 0 Å². The van der Waals surface area contributed by atoms with Crippen LogP contribution in [0, 0.1) is 17.3 Å². The Morgan fingerprint density at radius 3 is 2.28 bits per heavy atom. The fraction of sp³-hybridized carbons (Fsp3) is 0.667. The molecule has 0 aliphatic heterocycles. The Balaban J connectivity index is 0.00000225. The summed E-state index contributed by atoms with van der Waals surface area (Å²) in [5.74, 6) is 1.39. The van der Waals surface area contributed by atoms with Crippen LogP contribution in [0.25, 0.3) is 0 Å². The number of quaternary nitrogens is 1. The Kier molecular flexibility index (Phi) is 5.61. The topological polar surface area (TPSA) is 35.4 Å². The number of rotatable bonds is 5. The molecule has 1 aromatic carbocycles. The molecule has 2 fully saturated rings. The highest BCUT2D eigenvalue weighted by molar-refractivity contribution is 5.85. The number of nitrogens with zero attached hydrogens (tertiary/aromatic N) is 2. The monoisotopic (exact) mass is 364 g/mol.